The molecule has 4 rings (SSSR count). The van der Waals surface area contributed by atoms with Gasteiger partial charge in [0.2, 0.25) is 0 Å². The predicted molar refractivity (Wildman–Crippen MR) is 106 cm³/mol. The Kier molecular flexibility index (Phi) is 4.46. The van der Waals surface area contributed by atoms with Gasteiger partial charge in [-0.25, -0.2) is 0 Å². The van der Waals surface area contributed by atoms with Gasteiger partial charge in [0.05, 0.1) is 5.69 Å². The number of nitrogens with zero attached hydrogens (tertiary/aromatic N) is 1. The summed E-state index contributed by atoms with van der Waals surface area (Å²) in [6, 6.07) is 19.4. The average Bonchev–Trinajstić information content (AvgIpc) is 3.16. The van der Waals surface area contributed by atoms with Crippen molar-refractivity contribution in [1.29, 1.82) is 0 Å². The number of nitrogens with two attached hydrogens (primary N) is 1. The fraction of sp³-hybridized carbons (Fsp3) is 0.0952. The lowest BCUT2D eigenvalue weighted by atomic mass is 10.1. The van der Waals surface area contributed by atoms with E-state index in [0.717, 1.165) is 11.3 Å². The number of nitrogen functional groups attached to an aromatic ring is 1. The van der Waals surface area contributed by atoms with Crippen LogP contribution in [0.15, 0.2) is 71.8 Å². The number of thiophene rings is 1. The highest BCUT2D eigenvalue weighted by molar-refractivity contribution is 7.10. The third kappa shape index (κ3) is 3.34. The Morgan fingerprint density at radius 2 is 1.92 bits per heavy atom. The van der Waals surface area contributed by atoms with E-state index in [1.165, 1.54) is 5.56 Å². The van der Waals surface area contributed by atoms with E-state index in [4.69, 9.17) is 10.5 Å². The first-order valence-electron chi connectivity index (χ1n) is 8.39. The van der Waals surface area contributed by atoms with Crippen molar-refractivity contribution in [1.82, 2.24) is 0 Å². The summed E-state index contributed by atoms with van der Waals surface area (Å²) in [4.78, 5) is 15.8. The largest absolute Gasteiger partial charge is 0.449 e. The number of benzene rings is 2. The van der Waals surface area contributed by atoms with Gasteiger partial charge in [0, 0.05) is 23.2 Å². The molecule has 2 heterocycles. The van der Waals surface area contributed by atoms with Gasteiger partial charge in [-0.15, -0.1) is 11.3 Å². The lowest BCUT2D eigenvalue weighted by Gasteiger charge is -2.30. The molecule has 5 heteroatoms. The van der Waals surface area contributed by atoms with Crippen LogP contribution >= 0.6 is 11.3 Å². The molecule has 1 aromatic heterocycles. The van der Waals surface area contributed by atoms with Crippen LogP contribution in [-0.4, -0.2) is 12.5 Å². The molecule has 1 amide bonds. The number of amides is 1. The normalized spacial score (nSPS) is 15.0. The zero-order valence-corrected chi connectivity index (χ0v) is 14.9. The molecule has 0 spiro atoms. The SMILES string of the molecule is Nc1ccc2c(c1)N(CCc1ccccc1)C(=O)/C(=C\c1cccs1)O2. The van der Waals surface area contributed by atoms with Gasteiger partial charge >= 0.3 is 0 Å². The van der Waals surface area contributed by atoms with Crippen LogP contribution in [0.25, 0.3) is 6.08 Å². The standard InChI is InChI=1S/C21H18N2O2S/c22-16-8-9-19-18(13-16)23(11-10-15-5-2-1-3-6-15)21(24)20(25-19)14-17-7-4-12-26-17/h1-9,12-14H,10-11,22H2/b20-14+. The molecule has 0 saturated carbocycles. The van der Waals surface area contributed by atoms with Crippen molar-refractivity contribution in [3.05, 3.63) is 82.2 Å². The van der Waals surface area contributed by atoms with Gasteiger partial charge in [0.15, 0.2) is 11.5 Å². The van der Waals surface area contributed by atoms with Crippen LogP contribution in [0, 0.1) is 0 Å². The van der Waals surface area contributed by atoms with Crippen LogP contribution in [0.3, 0.4) is 0 Å². The molecule has 3 aromatic rings. The topological polar surface area (TPSA) is 55.6 Å². The molecule has 0 atom stereocenters. The molecule has 0 aliphatic carbocycles. The number of anilines is 2. The monoisotopic (exact) mass is 362 g/mol. The van der Waals surface area contributed by atoms with E-state index < -0.39 is 0 Å². The lowest BCUT2D eigenvalue weighted by molar-refractivity contribution is -0.117. The average molecular weight is 362 g/mol. The van der Waals surface area contributed by atoms with Crippen molar-refractivity contribution in [2.24, 2.45) is 0 Å². The van der Waals surface area contributed by atoms with Crippen LogP contribution in [0.2, 0.25) is 0 Å². The second-order valence-electron chi connectivity index (χ2n) is 6.05. The predicted octanol–water partition coefficient (Wildman–Crippen LogP) is 4.34. The van der Waals surface area contributed by atoms with Gasteiger partial charge in [-0.3, -0.25) is 4.79 Å². The van der Waals surface area contributed by atoms with Crippen LogP contribution in [-0.2, 0) is 11.2 Å². The first-order valence-corrected chi connectivity index (χ1v) is 9.27. The van der Waals surface area contributed by atoms with Crippen molar-refractivity contribution < 1.29 is 9.53 Å². The molecule has 0 unspecified atom stereocenters. The minimum absolute atomic E-state index is 0.146. The Hall–Kier alpha value is -3.05. The second-order valence-corrected chi connectivity index (χ2v) is 7.02. The van der Waals surface area contributed by atoms with E-state index in [1.807, 2.05) is 41.8 Å². The Morgan fingerprint density at radius 3 is 2.69 bits per heavy atom. The highest BCUT2D eigenvalue weighted by Crippen LogP contribution is 2.37. The summed E-state index contributed by atoms with van der Waals surface area (Å²) in [5, 5.41) is 1.97. The number of hydrogen-bond acceptors (Lipinski definition) is 4. The van der Waals surface area contributed by atoms with E-state index >= 15 is 0 Å². The molecule has 0 fully saturated rings. The van der Waals surface area contributed by atoms with Crippen molar-refractivity contribution in [3.8, 4) is 5.75 Å². The van der Waals surface area contributed by atoms with Crippen LogP contribution in [0.4, 0.5) is 11.4 Å². The minimum atomic E-state index is -0.146. The number of rotatable bonds is 4. The molecule has 130 valence electrons. The molecule has 0 bridgehead atoms. The molecule has 2 N–H and O–H groups in total. The summed E-state index contributed by atoms with van der Waals surface area (Å²) in [7, 11) is 0. The molecule has 0 radical (unpaired) electrons. The Bertz CT molecular complexity index is 949. The maximum absolute atomic E-state index is 13.0. The fourth-order valence-electron chi connectivity index (χ4n) is 2.94. The highest BCUT2D eigenvalue weighted by Gasteiger charge is 2.30. The van der Waals surface area contributed by atoms with Gasteiger partial charge in [-0.05, 0) is 41.6 Å². The summed E-state index contributed by atoms with van der Waals surface area (Å²) >= 11 is 1.57. The van der Waals surface area contributed by atoms with E-state index in [9.17, 15) is 4.79 Å². The molecule has 26 heavy (non-hydrogen) atoms. The molecular formula is C21H18N2O2S. The molecule has 0 saturated heterocycles. The highest BCUT2D eigenvalue weighted by atomic mass is 32.1. The number of fused-ring (bicyclic) bond motifs is 1. The first-order chi connectivity index (χ1) is 12.7. The summed E-state index contributed by atoms with van der Waals surface area (Å²) in [6.45, 7) is 0.560. The van der Waals surface area contributed by atoms with Crippen molar-refractivity contribution in [2.75, 3.05) is 17.2 Å². The Balaban J connectivity index is 1.67. The third-order valence-electron chi connectivity index (χ3n) is 4.23. The van der Waals surface area contributed by atoms with E-state index in [1.54, 1.807) is 34.4 Å². The van der Waals surface area contributed by atoms with Gasteiger partial charge in [-0.2, -0.15) is 0 Å². The smallest absolute Gasteiger partial charge is 0.294 e. The number of carbonyl (C=O) groups is 1. The molecule has 2 aromatic carbocycles. The molecule has 4 nitrogen and oxygen atoms in total. The number of hydrogen-bond donors (Lipinski definition) is 1. The van der Waals surface area contributed by atoms with Gasteiger partial charge < -0.3 is 15.4 Å². The Labute approximate surface area is 156 Å². The van der Waals surface area contributed by atoms with Gasteiger partial charge in [-0.1, -0.05) is 36.4 Å². The van der Waals surface area contributed by atoms with Crippen LogP contribution < -0.4 is 15.4 Å². The van der Waals surface area contributed by atoms with Gasteiger partial charge in [0.1, 0.15) is 0 Å². The zero-order valence-electron chi connectivity index (χ0n) is 14.1. The molecule has 1 aliphatic heterocycles. The molecule has 1 aliphatic rings. The summed E-state index contributed by atoms with van der Waals surface area (Å²) < 4.78 is 5.88. The van der Waals surface area contributed by atoms with E-state index in [0.29, 0.717) is 29.4 Å². The Morgan fingerprint density at radius 1 is 1.08 bits per heavy atom. The van der Waals surface area contributed by atoms with Crippen molar-refractivity contribution in [2.45, 2.75) is 6.42 Å². The second kappa shape index (κ2) is 7.06. The van der Waals surface area contributed by atoms with Crippen LogP contribution in [0.1, 0.15) is 10.4 Å². The first kappa shape index (κ1) is 16.4. The van der Waals surface area contributed by atoms with E-state index in [-0.39, 0.29) is 5.91 Å². The zero-order chi connectivity index (χ0) is 17.9. The lowest BCUT2D eigenvalue weighted by Crippen LogP contribution is -2.38. The minimum Gasteiger partial charge on any atom is -0.449 e. The molecular weight excluding hydrogens is 344 g/mol. The van der Waals surface area contributed by atoms with Crippen molar-refractivity contribution in [3.63, 3.8) is 0 Å². The maximum Gasteiger partial charge on any atom is 0.294 e. The third-order valence-corrected chi connectivity index (χ3v) is 5.05. The van der Waals surface area contributed by atoms with E-state index in [2.05, 4.69) is 12.1 Å². The quantitative estimate of drug-likeness (QED) is 0.555. The summed E-state index contributed by atoms with van der Waals surface area (Å²) in [6.07, 6.45) is 2.55. The summed E-state index contributed by atoms with van der Waals surface area (Å²) in [5.41, 5.74) is 8.44. The number of ether oxygens (including phenoxy) is 1. The number of carbonyl (C=O) groups excluding carboxylic acids is 1. The fourth-order valence-corrected chi connectivity index (χ4v) is 3.58. The summed E-state index contributed by atoms with van der Waals surface area (Å²) in [5.74, 6) is 0.833. The van der Waals surface area contributed by atoms with Gasteiger partial charge in [0.25, 0.3) is 5.91 Å². The maximum atomic E-state index is 13.0. The van der Waals surface area contributed by atoms with Crippen LogP contribution in [0.5, 0.6) is 5.75 Å². The van der Waals surface area contributed by atoms with Crippen molar-refractivity contribution >= 4 is 34.7 Å².